The van der Waals surface area contributed by atoms with Gasteiger partial charge in [-0.1, -0.05) is 18.6 Å². The molecule has 0 aliphatic heterocycles. The SMILES string of the molecule is CNS(=O)(=O)NC1CCCC1C(N)=S. The second kappa shape index (κ2) is 4.52. The Morgan fingerprint density at radius 3 is 2.64 bits per heavy atom. The van der Waals surface area contributed by atoms with Crippen molar-refractivity contribution in [1.29, 1.82) is 0 Å². The van der Waals surface area contributed by atoms with Gasteiger partial charge in [0.1, 0.15) is 0 Å². The number of rotatable bonds is 4. The molecule has 7 heteroatoms. The molecular formula is C7H15N3O2S2. The van der Waals surface area contributed by atoms with E-state index in [4.69, 9.17) is 18.0 Å². The predicted molar refractivity (Wildman–Crippen MR) is 59.0 cm³/mol. The molecule has 0 aromatic rings. The molecule has 14 heavy (non-hydrogen) atoms. The quantitative estimate of drug-likeness (QED) is 0.575. The van der Waals surface area contributed by atoms with Crippen LogP contribution in [0.2, 0.25) is 0 Å². The highest BCUT2D eigenvalue weighted by atomic mass is 32.2. The topological polar surface area (TPSA) is 84.2 Å². The van der Waals surface area contributed by atoms with E-state index in [1.54, 1.807) is 0 Å². The van der Waals surface area contributed by atoms with E-state index in [2.05, 4.69) is 9.44 Å². The summed E-state index contributed by atoms with van der Waals surface area (Å²) < 4.78 is 27.2. The molecule has 2 unspecified atom stereocenters. The Bertz CT molecular complexity index is 315. The average molecular weight is 237 g/mol. The smallest absolute Gasteiger partial charge is 0.276 e. The maximum absolute atomic E-state index is 11.2. The summed E-state index contributed by atoms with van der Waals surface area (Å²) in [6.07, 6.45) is 2.62. The van der Waals surface area contributed by atoms with Crippen LogP contribution in [-0.4, -0.2) is 26.5 Å². The number of hydrogen-bond acceptors (Lipinski definition) is 3. The lowest BCUT2D eigenvalue weighted by Gasteiger charge is -2.19. The second-order valence-corrected chi connectivity index (χ2v) is 5.49. The van der Waals surface area contributed by atoms with Gasteiger partial charge in [-0.3, -0.25) is 0 Å². The first kappa shape index (κ1) is 11.8. The van der Waals surface area contributed by atoms with E-state index in [-0.39, 0.29) is 12.0 Å². The van der Waals surface area contributed by atoms with Crippen LogP contribution in [-0.2, 0) is 10.2 Å². The molecule has 5 nitrogen and oxygen atoms in total. The van der Waals surface area contributed by atoms with Gasteiger partial charge in [-0.05, 0) is 12.8 Å². The first-order valence-electron chi connectivity index (χ1n) is 4.46. The monoisotopic (exact) mass is 237 g/mol. The standard InChI is InChI=1S/C7H15N3O2S2/c1-9-14(11,12)10-6-4-2-3-5(6)7(8)13/h5-6,9-10H,2-4H2,1H3,(H2,8,13). The van der Waals surface area contributed by atoms with Gasteiger partial charge in [0.15, 0.2) is 0 Å². The molecule has 82 valence electrons. The highest BCUT2D eigenvalue weighted by Crippen LogP contribution is 2.26. The van der Waals surface area contributed by atoms with Gasteiger partial charge in [-0.15, -0.1) is 0 Å². The Balaban J connectivity index is 2.65. The molecule has 0 aromatic carbocycles. The van der Waals surface area contributed by atoms with Crippen molar-refractivity contribution in [2.75, 3.05) is 7.05 Å². The van der Waals surface area contributed by atoms with Gasteiger partial charge in [-0.25, -0.2) is 4.72 Å². The Hall–Kier alpha value is -0.240. The van der Waals surface area contributed by atoms with Crippen LogP contribution in [0.25, 0.3) is 0 Å². The maximum Gasteiger partial charge on any atom is 0.276 e. The van der Waals surface area contributed by atoms with E-state index in [0.29, 0.717) is 4.99 Å². The van der Waals surface area contributed by atoms with E-state index in [1.807, 2.05) is 0 Å². The van der Waals surface area contributed by atoms with Gasteiger partial charge >= 0.3 is 0 Å². The lowest BCUT2D eigenvalue weighted by molar-refractivity contribution is 0.519. The van der Waals surface area contributed by atoms with Crippen LogP contribution in [0.4, 0.5) is 0 Å². The third-order valence-corrected chi connectivity index (χ3v) is 3.91. The second-order valence-electron chi connectivity index (χ2n) is 3.37. The third-order valence-electron chi connectivity index (χ3n) is 2.46. The molecule has 0 amide bonds. The summed E-state index contributed by atoms with van der Waals surface area (Å²) >= 11 is 4.88. The Kier molecular flexibility index (Phi) is 3.82. The summed E-state index contributed by atoms with van der Waals surface area (Å²) in [4.78, 5) is 0.395. The van der Waals surface area contributed by atoms with Gasteiger partial charge in [0.2, 0.25) is 0 Å². The minimum absolute atomic E-state index is 0.00637. The molecule has 1 fully saturated rings. The van der Waals surface area contributed by atoms with E-state index in [9.17, 15) is 8.42 Å². The fourth-order valence-electron chi connectivity index (χ4n) is 1.70. The fourth-order valence-corrected chi connectivity index (χ4v) is 2.78. The van der Waals surface area contributed by atoms with Gasteiger partial charge in [-0.2, -0.15) is 13.1 Å². The summed E-state index contributed by atoms with van der Waals surface area (Å²) in [6.45, 7) is 0. The number of hydrogen-bond donors (Lipinski definition) is 3. The van der Waals surface area contributed by atoms with Crippen LogP contribution in [0, 0.1) is 5.92 Å². The highest BCUT2D eigenvalue weighted by Gasteiger charge is 2.31. The van der Waals surface area contributed by atoms with Crippen molar-refractivity contribution in [3.63, 3.8) is 0 Å². The molecule has 0 bridgehead atoms. The van der Waals surface area contributed by atoms with E-state index in [0.717, 1.165) is 19.3 Å². The normalized spacial score (nSPS) is 27.8. The number of nitrogens with two attached hydrogens (primary N) is 1. The molecule has 1 aliphatic carbocycles. The van der Waals surface area contributed by atoms with E-state index >= 15 is 0 Å². The maximum atomic E-state index is 11.2. The molecule has 0 saturated heterocycles. The van der Waals surface area contributed by atoms with Crippen LogP contribution in [0.15, 0.2) is 0 Å². The summed E-state index contributed by atoms with van der Waals surface area (Å²) in [5.41, 5.74) is 5.52. The zero-order chi connectivity index (χ0) is 10.8. The minimum atomic E-state index is -3.38. The predicted octanol–water partition coefficient (Wildman–Crippen LogP) is -0.505. The first-order chi connectivity index (χ1) is 6.46. The zero-order valence-electron chi connectivity index (χ0n) is 7.99. The molecule has 2 atom stereocenters. The molecule has 0 heterocycles. The molecule has 4 N–H and O–H groups in total. The molecule has 1 aliphatic rings. The third kappa shape index (κ3) is 2.88. The Morgan fingerprint density at radius 2 is 2.14 bits per heavy atom. The van der Waals surface area contributed by atoms with E-state index < -0.39 is 10.2 Å². The van der Waals surface area contributed by atoms with Crippen LogP contribution in [0.5, 0.6) is 0 Å². The van der Waals surface area contributed by atoms with Crippen molar-refractivity contribution in [3.8, 4) is 0 Å². The minimum Gasteiger partial charge on any atom is -0.393 e. The first-order valence-corrected chi connectivity index (χ1v) is 6.35. The van der Waals surface area contributed by atoms with Crippen LogP contribution < -0.4 is 15.2 Å². The van der Waals surface area contributed by atoms with Crippen molar-refractivity contribution < 1.29 is 8.42 Å². The molecule has 0 aromatic heterocycles. The molecular weight excluding hydrogens is 222 g/mol. The van der Waals surface area contributed by atoms with Crippen molar-refractivity contribution in [2.24, 2.45) is 11.7 Å². The summed E-state index contributed by atoms with van der Waals surface area (Å²) in [5, 5.41) is 0. The van der Waals surface area contributed by atoms with E-state index in [1.165, 1.54) is 7.05 Å². The average Bonchev–Trinajstić information content (AvgIpc) is 2.51. The van der Waals surface area contributed by atoms with Crippen LogP contribution >= 0.6 is 12.2 Å². The Labute approximate surface area is 89.6 Å². The van der Waals surface area contributed by atoms with Gasteiger partial charge in [0.05, 0.1) is 4.99 Å². The van der Waals surface area contributed by atoms with Crippen molar-refractivity contribution >= 4 is 27.4 Å². The van der Waals surface area contributed by atoms with Crippen LogP contribution in [0.3, 0.4) is 0 Å². The van der Waals surface area contributed by atoms with Crippen molar-refractivity contribution in [2.45, 2.75) is 25.3 Å². The zero-order valence-corrected chi connectivity index (χ0v) is 9.62. The number of nitrogens with one attached hydrogen (secondary N) is 2. The molecule has 1 saturated carbocycles. The Morgan fingerprint density at radius 1 is 1.50 bits per heavy atom. The lowest BCUT2D eigenvalue weighted by Crippen LogP contribution is -2.45. The summed E-state index contributed by atoms with van der Waals surface area (Å²) in [7, 11) is -2.02. The molecule has 1 rings (SSSR count). The van der Waals surface area contributed by atoms with Crippen molar-refractivity contribution in [3.05, 3.63) is 0 Å². The van der Waals surface area contributed by atoms with Gasteiger partial charge in [0.25, 0.3) is 10.2 Å². The van der Waals surface area contributed by atoms with Crippen LogP contribution in [0.1, 0.15) is 19.3 Å². The molecule has 0 radical (unpaired) electrons. The van der Waals surface area contributed by atoms with Crippen molar-refractivity contribution in [1.82, 2.24) is 9.44 Å². The lowest BCUT2D eigenvalue weighted by atomic mass is 10.1. The highest BCUT2D eigenvalue weighted by molar-refractivity contribution is 7.87. The largest absolute Gasteiger partial charge is 0.393 e. The number of thiocarbonyl (C=S) groups is 1. The van der Waals surface area contributed by atoms with Gasteiger partial charge < -0.3 is 5.73 Å². The van der Waals surface area contributed by atoms with Gasteiger partial charge in [0, 0.05) is 19.0 Å². The summed E-state index contributed by atoms with van der Waals surface area (Å²) in [5.74, 6) is -0.00637. The summed E-state index contributed by atoms with van der Waals surface area (Å²) in [6, 6.07) is -0.148. The molecule has 0 spiro atoms. The fraction of sp³-hybridized carbons (Fsp3) is 0.857.